The number of carboxylic acids is 1. The van der Waals surface area contributed by atoms with Gasteiger partial charge < -0.3 is 9.67 Å². The Morgan fingerprint density at radius 2 is 1.83 bits per heavy atom. The lowest BCUT2D eigenvalue weighted by Gasteiger charge is -2.11. The maximum absolute atomic E-state index is 12.4. The van der Waals surface area contributed by atoms with E-state index in [0.717, 1.165) is 16.6 Å². The number of hydrogen-bond acceptors (Lipinski definition) is 2. The molecule has 3 aromatic rings. The molecule has 0 aliphatic heterocycles. The second kappa shape index (κ2) is 6.08. The summed E-state index contributed by atoms with van der Waals surface area (Å²) in [5.41, 5.74) is 2.30. The topological polar surface area (TPSA) is 59.3 Å². The quantitative estimate of drug-likeness (QED) is 0.804. The van der Waals surface area contributed by atoms with Gasteiger partial charge in [-0.3, -0.25) is 4.79 Å². The second-order valence-corrected chi connectivity index (χ2v) is 5.48. The molecule has 116 valence electrons. The Kier molecular flexibility index (Phi) is 3.98. The van der Waals surface area contributed by atoms with Crippen molar-refractivity contribution in [2.75, 3.05) is 0 Å². The first-order chi connectivity index (χ1) is 11.1. The molecule has 0 aliphatic carbocycles. The van der Waals surface area contributed by atoms with Crippen molar-refractivity contribution in [1.29, 1.82) is 0 Å². The van der Waals surface area contributed by atoms with E-state index in [1.807, 2.05) is 55.5 Å². The number of carbonyl (C=O) groups is 1. The number of aromatic nitrogens is 1. The van der Waals surface area contributed by atoms with Crippen molar-refractivity contribution >= 4 is 16.9 Å². The van der Waals surface area contributed by atoms with Gasteiger partial charge in [0.1, 0.15) is 5.56 Å². The summed E-state index contributed by atoms with van der Waals surface area (Å²) >= 11 is 0. The van der Waals surface area contributed by atoms with Crippen LogP contribution in [0.4, 0.5) is 0 Å². The van der Waals surface area contributed by atoms with Crippen LogP contribution in [0, 0.1) is 0 Å². The maximum atomic E-state index is 12.4. The first-order valence-corrected chi connectivity index (χ1v) is 7.53. The lowest BCUT2D eigenvalue weighted by Crippen LogP contribution is -2.18. The van der Waals surface area contributed by atoms with E-state index in [0.29, 0.717) is 18.4 Å². The second-order valence-electron chi connectivity index (χ2n) is 5.48. The monoisotopic (exact) mass is 307 g/mol. The zero-order valence-corrected chi connectivity index (χ0v) is 12.8. The van der Waals surface area contributed by atoms with Crippen LogP contribution in [0.3, 0.4) is 0 Å². The number of benzene rings is 2. The minimum absolute atomic E-state index is 0.184. The Labute approximate surface area is 133 Å². The molecule has 0 bridgehead atoms. The highest BCUT2D eigenvalue weighted by atomic mass is 16.4. The smallest absolute Gasteiger partial charge is 0.341 e. The van der Waals surface area contributed by atoms with E-state index >= 15 is 0 Å². The van der Waals surface area contributed by atoms with E-state index in [-0.39, 0.29) is 5.56 Å². The fourth-order valence-corrected chi connectivity index (χ4v) is 2.80. The molecule has 0 radical (unpaired) electrons. The van der Waals surface area contributed by atoms with Gasteiger partial charge >= 0.3 is 5.97 Å². The molecule has 0 aliphatic rings. The fourth-order valence-electron chi connectivity index (χ4n) is 2.80. The Hall–Kier alpha value is -2.88. The van der Waals surface area contributed by atoms with Crippen LogP contribution in [-0.4, -0.2) is 15.6 Å². The third-order valence-corrected chi connectivity index (χ3v) is 3.97. The Bertz CT molecular complexity index is 926. The van der Waals surface area contributed by atoms with E-state index in [1.54, 1.807) is 4.57 Å². The van der Waals surface area contributed by atoms with Crippen LogP contribution in [0.25, 0.3) is 10.9 Å². The minimum Gasteiger partial charge on any atom is -0.477 e. The van der Waals surface area contributed by atoms with Crippen LogP contribution < -0.4 is 5.43 Å². The number of fused-ring (bicyclic) bond motifs is 1. The molecule has 0 atom stereocenters. The molecule has 1 aromatic heterocycles. The average Bonchev–Trinajstić information content (AvgIpc) is 2.56. The van der Waals surface area contributed by atoms with Gasteiger partial charge in [-0.25, -0.2) is 4.79 Å². The number of aromatic carboxylic acids is 1. The van der Waals surface area contributed by atoms with Crippen LogP contribution in [0.5, 0.6) is 0 Å². The zero-order valence-electron chi connectivity index (χ0n) is 12.8. The molecule has 23 heavy (non-hydrogen) atoms. The number of hydrogen-bond donors (Lipinski definition) is 1. The lowest BCUT2D eigenvalue weighted by atomic mass is 10.0. The Morgan fingerprint density at radius 3 is 2.48 bits per heavy atom. The molecule has 0 amide bonds. The van der Waals surface area contributed by atoms with Gasteiger partial charge in [0.15, 0.2) is 0 Å². The zero-order chi connectivity index (χ0) is 16.4. The number of pyridine rings is 1. The van der Waals surface area contributed by atoms with Crippen molar-refractivity contribution < 1.29 is 9.90 Å². The number of rotatable bonds is 4. The highest BCUT2D eigenvalue weighted by Gasteiger charge is 2.14. The normalized spacial score (nSPS) is 10.8. The summed E-state index contributed by atoms with van der Waals surface area (Å²) in [5, 5.41) is 9.69. The number of carboxylic acid groups (broad SMARTS) is 1. The fraction of sp³-hybridized carbons (Fsp3) is 0.158. The Morgan fingerprint density at radius 1 is 1.09 bits per heavy atom. The molecular formula is C19H17NO3. The van der Waals surface area contributed by atoms with Crippen molar-refractivity contribution in [3.8, 4) is 0 Å². The van der Waals surface area contributed by atoms with Crippen molar-refractivity contribution in [3.63, 3.8) is 0 Å². The van der Waals surface area contributed by atoms with Gasteiger partial charge in [0.25, 0.3) is 0 Å². The molecule has 1 N–H and O–H groups in total. The van der Waals surface area contributed by atoms with E-state index in [1.165, 1.54) is 6.20 Å². The largest absolute Gasteiger partial charge is 0.477 e. The summed E-state index contributed by atoms with van der Waals surface area (Å²) in [6, 6.07) is 15.7. The van der Waals surface area contributed by atoms with Gasteiger partial charge in [0, 0.05) is 18.1 Å². The van der Waals surface area contributed by atoms with Gasteiger partial charge in [-0.05, 0) is 36.6 Å². The molecule has 0 fully saturated rings. The van der Waals surface area contributed by atoms with Gasteiger partial charge in [0.2, 0.25) is 5.43 Å². The summed E-state index contributed by atoms with van der Waals surface area (Å²) in [5.74, 6) is -1.19. The number of aryl methyl sites for hydroxylation is 1. The van der Waals surface area contributed by atoms with Gasteiger partial charge in [0.05, 0.1) is 5.52 Å². The third kappa shape index (κ3) is 2.88. The molecule has 2 aromatic carbocycles. The molecule has 0 spiro atoms. The number of nitrogens with zero attached hydrogens (tertiary/aromatic N) is 1. The SMILES string of the molecule is CCn1cc(C(=O)O)c(=O)c2cc(Cc3ccccc3)ccc21. The van der Waals surface area contributed by atoms with Gasteiger partial charge in [-0.2, -0.15) is 0 Å². The Balaban J connectivity index is 2.16. The van der Waals surface area contributed by atoms with Crippen LogP contribution in [0.2, 0.25) is 0 Å². The highest BCUT2D eigenvalue weighted by molar-refractivity contribution is 5.92. The minimum atomic E-state index is -1.19. The standard InChI is InChI=1S/C19H17NO3/c1-2-20-12-16(19(22)23)18(21)15-11-14(8-9-17(15)20)10-13-6-4-3-5-7-13/h3-9,11-12H,2,10H2,1H3,(H,22,23). The van der Waals surface area contributed by atoms with Crippen LogP contribution in [0.15, 0.2) is 59.5 Å². The molecule has 1 heterocycles. The van der Waals surface area contributed by atoms with Gasteiger partial charge in [-0.15, -0.1) is 0 Å². The molecule has 4 nitrogen and oxygen atoms in total. The lowest BCUT2D eigenvalue weighted by molar-refractivity contribution is 0.0695. The summed E-state index contributed by atoms with van der Waals surface area (Å²) < 4.78 is 1.80. The van der Waals surface area contributed by atoms with Crippen molar-refractivity contribution in [2.45, 2.75) is 19.9 Å². The predicted molar refractivity (Wildman–Crippen MR) is 90.1 cm³/mol. The summed E-state index contributed by atoms with van der Waals surface area (Å²) in [6.45, 7) is 2.53. The van der Waals surface area contributed by atoms with E-state index in [9.17, 15) is 14.7 Å². The molecule has 4 heteroatoms. The van der Waals surface area contributed by atoms with Crippen LogP contribution in [0.1, 0.15) is 28.4 Å². The maximum Gasteiger partial charge on any atom is 0.341 e. The molecule has 0 saturated heterocycles. The van der Waals surface area contributed by atoms with E-state index in [2.05, 4.69) is 0 Å². The van der Waals surface area contributed by atoms with Crippen LogP contribution in [-0.2, 0) is 13.0 Å². The van der Waals surface area contributed by atoms with E-state index < -0.39 is 11.4 Å². The van der Waals surface area contributed by atoms with Gasteiger partial charge in [-0.1, -0.05) is 36.4 Å². The molecular weight excluding hydrogens is 290 g/mol. The average molecular weight is 307 g/mol. The molecule has 3 rings (SSSR count). The highest BCUT2D eigenvalue weighted by Crippen LogP contribution is 2.17. The van der Waals surface area contributed by atoms with Crippen LogP contribution >= 0.6 is 0 Å². The van der Waals surface area contributed by atoms with E-state index in [4.69, 9.17) is 0 Å². The first kappa shape index (κ1) is 15.0. The molecule has 0 unspecified atom stereocenters. The summed E-state index contributed by atoms with van der Waals surface area (Å²) in [6.07, 6.45) is 2.13. The summed E-state index contributed by atoms with van der Waals surface area (Å²) in [4.78, 5) is 23.7. The van der Waals surface area contributed by atoms with Crippen molar-refractivity contribution in [1.82, 2.24) is 4.57 Å². The third-order valence-electron chi connectivity index (χ3n) is 3.97. The molecule has 0 saturated carbocycles. The summed E-state index contributed by atoms with van der Waals surface area (Å²) in [7, 11) is 0. The van der Waals surface area contributed by atoms with Crippen molar-refractivity contribution in [2.24, 2.45) is 0 Å². The van der Waals surface area contributed by atoms with Crippen molar-refractivity contribution in [3.05, 3.63) is 81.6 Å². The first-order valence-electron chi connectivity index (χ1n) is 7.53. The predicted octanol–water partition coefficient (Wildman–Crippen LogP) is 3.31.